The lowest BCUT2D eigenvalue weighted by atomic mass is 10.0. The van der Waals surface area contributed by atoms with E-state index in [4.69, 9.17) is 18.4 Å². The van der Waals surface area contributed by atoms with Crippen LogP contribution < -0.4 is 4.18 Å². The van der Waals surface area contributed by atoms with Gasteiger partial charge in [0.25, 0.3) is 5.69 Å². The summed E-state index contributed by atoms with van der Waals surface area (Å²) >= 11 is 0. The maximum Gasteiger partial charge on any atom is 0.419 e. The first-order valence-electron chi connectivity index (χ1n) is 15.4. The Morgan fingerprint density at radius 2 is 1.78 bits per heavy atom. The number of hydrogen-bond donors (Lipinski definition) is 0. The molecular formula is C33H39N3O12S2. The lowest BCUT2D eigenvalue weighted by molar-refractivity contribution is -0.384. The van der Waals surface area contributed by atoms with E-state index < -0.39 is 48.8 Å². The third-order valence-corrected chi connectivity index (χ3v) is 10.0. The van der Waals surface area contributed by atoms with Crippen molar-refractivity contribution in [1.29, 1.82) is 0 Å². The Hall–Kier alpha value is -4.74. The Kier molecular flexibility index (Phi) is 11.1. The Labute approximate surface area is 290 Å². The van der Waals surface area contributed by atoms with E-state index in [0.29, 0.717) is 23.8 Å². The van der Waals surface area contributed by atoms with E-state index in [1.807, 2.05) is 6.92 Å². The summed E-state index contributed by atoms with van der Waals surface area (Å²) in [6.07, 6.45) is 2.09. The maximum atomic E-state index is 14.1. The first kappa shape index (κ1) is 38.1. The monoisotopic (exact) mass is 733 g/mol. The van der Waals surface area contributed by atoms with Crippen molar-refractivity contribution in [2.45, 2.75) is 63.6 Å². The Morgan fingerprint density at radius 3 is 2.32 bits per heavy atom. The number of non-ortho nitro benzene ring substituents is 1. The van der Waals surface area contributed by atoms with E-state index in [1.54, 1.807) is 27.0 Å². The zero-order valence-corrected chi connectivity index (χ0v) is 30.1. The van der Waals surface area contributed by atoms with Crippen molar-refractivity contribution >= 4 is 54.4 Å². The van der Waals surface area contributed by atoms with Crippen LogP contribution in [0.1, 0.15) is 51.8 Å². The van der Waals surface area contributed by atoms with Crippen molar-refractivity contribution in [1.82, 2.24) is 8.87 Å². The van der Waals surface area contributed by atoms with Gasteiger partial charge in [-0.25, -0.2) is 22.6 Å². The zero-order chi connectivity index (χ0) is 37.2. The van der Waals surface area contributed by atoms with Crippen LogP contribution in [0.4, 0.5) is 10.5 Å². The minimum absolute atomic E-state index is 0.0441. The quantitative estimate of drug-likeness (QED) is 0.0737. The molecule has 1 aromatic heterocycles. The molecule has 0 spiro atoms. The smallest absolute Gasteiger partial charge is 0.419 e. The normalized spacial score (nSPS) is 15.0. The van der Waals surface area contributed by atoms with Gasteiger partial charge in [-0.1, -0.05) is 13.5 Å². The molecule has 1 aliphatic rings. The molecule has 2 aromatic carbocycles. The molecule has 2 heterocycles. The number of ether oxygens (including phenoxy) is 3. The van der Waals surface area contributed by atoms with E-state index in [0.717, 1.165) is 47.8 Å². The predicted molar refractivity (Wildman–Crippen MR) is 184 cm³/mol. The minimum Gasteiger partial charge on any atom is -0.496 e. The highest BCUT2D eigenvalue weighted by Gasteiger charge is 2.33. The molecule has 0 bridgehead atoms. The summed E-state index contributed by atoms with van der Waals surface area (Å²) in [4.78, 5) is 37.1. The molecule has 1 atom stereocenters. The number of sulfonamides is 1. The lowest BCUT2D eigenvalue weighted by Gasteiger charge is -2.25. The number of carbonyl (C=O) groups is 2. The van der Waals surface area contributed by atoms with Crippen LogP contribution in [0.5, 0.6) is 5.75 Å². The van der Waals surface area contributed by atoms with Gasteiger partial charge in [-0.2, -0.15) is 12.7 Å². The van der Waals surface area contributed by atoms with Gasteiger partial charge in [0.2, 0.25) is 10.0 Å². The standard InChI is InChI=1S/C33H39N3O12S2/c1-8-22-17-25(46-20-22)19-34(50(43,44)26-12-9-23(10-13-26)36(39)40)16-15-28-27-14-11-24(48-49(7,41)42)18-29(27)35(32(38)47-33(3,4)5)30(28)21(2)31(37)45-6/h9-14,18,20,25H,2,8,15-17,19H2,1,3-7H3/t25-/m0/s1. The summed E-state index contributed by atoms with van der Waals surface area (Å²) in [7, 11) is -7.13. The molecule has 50 heavy (non-hydrogen) atoms. The second-order valence-electron chi connectivity index (χ2n) is 12.5. The van der Waals surface area contributed by atoms with Gasteiger partial charge in [-0.05, 0) is 69.0 Å². The van der Waals surface area contributed by atoms with Crippen molar-refractivity contribution in [2.75, 3.05) is 26.5 Å². The SMILES string of the molecule is C=C(C(=O)OC)c1c(CCN(C[C@@H]2CC(CC)=CO2)S(=O)(=O)c2ccc([N+](=O)[O-])cc2)c2ccc(OS(C)(=O)=O)cc2n1C(=O)OC(C)(C)C. The number of nitro groups is 1. The van der Waals surface area contributed by atoms with E-state index in [1.165, 1.54) is 22.5 Å². The molecule has 0 saturated carbocycles. The van der Waals surface area contributed by atoms with E-state index in [2.05, 4.69) is 6.58 Å². The van der Waals surface area contributed by atoms with Gasteiger partial charge in [0, 0.05) is 36.6 Å². The van der Waals surface area contributed by atoms with Gasteiger partial charge in [-0.3, -0.25) is 10.1 Å². The second-order valence-corrected chi connectivity index (χ2v) is 16.0. The number of methoxy groups -OCH3 is 1. The Bertz CT molecular complexity index is 2080. The zero-order valence-electron chi connectivity index (χ0n) is 28.5. The van der Waals surface area contributed by atoms with Crippen LogP contribution in [0.15, 0.2) is 65.8 Å². The van der Waals surface area contributed by atoms with Crippen LogP contribution in [0.25, 0.3) is 16.5 Å². The summed E-state index contributed by atoms with van der Waals surface area (Å²) in [5.41, 5.74) is -0.195. The number of esters is 1. The highest BCUT2D eigenvalue weighted by Crippen LogP contribution is 2.36. The van der Waals surface area contributed by atoms with Crippen molar-refractivity contribution < 1.29 is 49.7 Å². The highest BCUT2D eigenvalue weighted by molar-refractivity contribution is 7.89. The molecular weight excluding hydrogens is 695 g/mol. The van der Waals surface area contributed by atoms with Gasteiger partial charge in [0.15, 0.2) is 0 Å². The maximum absolute atomic E-state index is 14.1. The van der Waals surface area contributed by atoms with Crippen LogP contribution in [0.2, 0.25) is 0 Å². The molecule has 17 heteroatoms. The molecule has 0 radical (unpaired) electrons. The topological polar surface area (TPSA) is 191 Å². The van der Waals surface area contributed by atoms with E-state index in [-0.39, 0.29) is 52.6 Å². The number of fused-ring (bicyclic) bond motifs is 1. The third-order valence-electron chi connectivity index (χ3n) is 7.66. The number of carbonyl (C=O) groups excluding carboxylic acids is 2. The largest absolute Gasteiger partial charge is 0.496 e. The van der Waals surface area contributed by atoms with Gasteiger partial charge in [0.05, 0.1) is 52.8 Å². The van der Waals surface area contributed by atoms with Crippen molar-refractivity contribution in [3.63, 3.8) is 0 Å². The molecule has 4 rings (SSSR count). The van der Waals surface area contributed by atoms with Gasteiger partial charge >= 0.3 is 22.2 Å². The third kappa shape index (κ3) is 8.70. The van der Waals surface area contributed by atoms with Crippen LogP contribution in [0, 0.1) is 10.1 Å². The van der Waals surface area contributed by atoms with Gasteiger partial charge < -0.3 is 18.4 Å². The van der Waals surface area contributed by atoms with Crippen LogP contribution in [-0.2, 0) is 45.6 Å². The van der Waals surface area contributed by atoms with Crippen LogP contribution in [-0.4, -0.2) is 80.9 Å². The summed E-state index contributed by atoms with van der Waals surface area (Å²) in [6.45, 7) is 10.4. The number of nitro benzene ring substituents is 1. The number of rotatable bonds is 13. The first-order chi connectivity index (χ1) is 23.3. The fourth-order valence-electron chi connectivity index (χ4n) is 5.43. The summed E-state index contributed by atoms with van der Waals surface area (Å²) in [5.74, 6) is -1.02. The fraction of sp³-hybridized carbons (Fsp3) is 0.394. The van der Waals surface area contributed by atoms with Gasteiger partial charge in [0.1, 0.15) is 17.5 Å². The number of nitrogens with zero attached hydrogens (tertiary/aromatic N) is 3. The minimum atomic E-state index is -4.28. The molecule has 0 amide bonds. The highest BCUT2D eigenvalue weighted by atomic mass is 32.2. The fourth-order valence-corrected chi connectivity index (χ4v) is 7.35. The van der Waals surface area contributed by atoms with Crippen LogP contribution >= 0.6 is 0 Å². The summed E-state index contributed by atoms with van der Waals surface area (Å²) in [5, 5.41) is 11.6. The van der Waals surface area contributed by atoms with Crippen molar-refractivity contribution in [3.05, 3.63) is 82.3 Å². The molecule has 15 nitrogen and oxygen atoms in total. The first-order valence-corrected chi connectivity index (χ1v) is 18.7. The average molecular weight is 734 g/mol. The van der Waals surface area contributed by atoms with E-state index >= 15 is 0 Å². The molecule has 270 valence electrons. The molecule has 0 saturated heterocycles. The molecule has 0 N–H and O–H groups in total. The summed E-state index contributed by atoms with van der Waals surface area (Å²) < 4.78 is 75.8. The van der Waals surface area contributed by atoms with Gasteiger partial charge in [-0.15, -0.1) is 0 Å². The molecule has 0 aliphatic carbocycles. The van der Waals surface area contributed by atoms with E-state index in [9.17, 15) is 36.5 Å². The summed E-state index contributed by atoms with van der Waals surface area (Å²) in [6, 6.07) is 8.60. The van der Waals surface area contributed by atoms with Crippen LogP contribution in [0.3, 0.4) is 0 Å². The molecule has 3 aromatic rings. The Balaban J connectivity index is 1.89. The second kappa shape index (κ2) is 14.6. The average Bonchev–Trinajstić information content (AvgIpc) is 3.62. The van der Waals surface area contributed by atoms with Crippen molar-refractivity contribution in [3.8, 4) is 5.75 Å². The number of aromatic nitrogens is 1. The Morgan fingerprint density at radius 1 is 1.12 bits per heavy atom. The number of benzene rings is 2. The number of hydrogen-bond acceptors (Lipinski definition) is 12. The molecule has 0 unspecified atom stereocenters. The lowest BCUT2D eigenvalue weighted by Crippen LogP contribution is -2.39. The predicted octanol–water partition coefficient (Wildman–Crippen LogP) is 5.17. The molecule has 1 aliphatic heterocycles. The molecule has 0 fully saturated rings. The van der Waals surface area contributed by atoms with Crippen molar-refractivity contribution in [2.24, 2.45) is 0 Å².